The maximum absolute atomic E-state index is 12.1. The minimum Gasteiger partial charge on any atom is -0.340 e. The predicted octanol–water partition coefficient (Wildman–Crippen LogP) is 2.58. The highest BCUT2D eigenvalue weighted by Crippen LogP contribution is 2.51. The maximum atomic E-state index is 12.1. The minimum absolute atomic E-state index is 0.0703. The summed E-state index contributed by atoms with van der Waals surface area (Å²) in [5.41, 5.74) is 0.168. The van der Waals surface area contributed by atoms with Gasteiger partial charge in [-0.25, -0.2) is 0 Å². The predicted molar refractivity (Wildman–Crippen MR) is 57.0 cm³/mol. The zero-order valence-electron chi connectivity index (χ0n) is 9.60. The van der Waals surface area contributed by atoms with Gasteiger partial charge in [0.15, 0.2) is 0 Å². The molecule has 0 bridgehead atoms. The van der Waals surface area contributed by atoms with Crippen molar-refractivity contribution in [3.63, 3.8) is 0 Å². The summed E-state index contributed by atoms with van der Waals surface area (Å²) in [4.78, 5) is 14.2. The molecular formula is C12H21NO. The Hall–Kier alpha value is -0.530. The standard InChI is InChI=1S/C12H21NO/c1-4-11(2)9-12(7-5-6-8-12)13(3)10(11)14/h4-9H2,1-3H3. The molecule has 1 unspecified atom stereocenters. The first-order chi connectivity index (χ1) is 6.54. The highest BCUT2D eigenvalue weighted by Gasteiger charge is 2.55. The molecule has 2 rings (SSSR count). The Kier molecular flexibility index (Phi) is 2.13. The first kappa shape index (κ1) is 10.0. The summed E-state index contributed by atoms with van der Waals surface area (Å²) >= 11 is 0. The molecule has 1 spiro atoms. The maximum Gasteiger partial charge on any atom is 0.228 e. The average molecular weight is 195 g/mol. The highest BCUT2D eigenvalue weighted by atomic mass is 16.2. The molecule has 0 aromatic carbocycles. The zero-order valence-corrected chi connectivity index (χ0v) is 9.60. The Morgan fingerprint density at radius 1 is 1.36 bits per heavy atom. The van der Waals surface area contributed by atoms with Crippen molar-refractivity contribution >= 4 is 5.91 Å². The van der Waals surface area contributed by atoms with E-state index in [1.54, 1.807) is 0 Å². The van der Waals surface area contributed by atoms with Gasteiger partial charge in [-0.05, 0) is 25.7 Å². The normalized spacial score (nSPS) is 35.9. The van der Waals surface area contributed by atoms with Gasteiger partial charge in [-0.3, -0.25) is 4.79 Å². The van der Waals surface area contributed by atoms with Crippen LogP contribution in [0.1, 0.15) is 52.4 Å². The number of hydrogen-bond acceptors (Lipinski definition) is 1. The summed E-state index contributed by atoms with van der Waals surface area (Å²) in [5.74, 6) is 0.377. The molecular weight excluding hydrogens is 174 g/mol. The first-order valence-corrected chi connectivity index (χ1v) is 5.82. The summed E-state index contributed by atoms with van der Waals surface area (Å²) in [6.07, 6.45) is 7.13. The van der Waals surface area contributed by atoms with Gasteiger partial charge in [-0.15, -0.1) is 0 Å². The number of rotatable bonds is 1. The Bertz CT molecular complexity index is 255. The van der Waals surface area contributed by atoms with Crippen LogP contribution in [0.25, 0.3) is 0 Å². The van der Waals surface area contributed by atoms with Crippen LogP contribution in [-0.2, 0) is 4.79 Å². The lowest BCUT2D eigenvalue weighted by molar-refractivity contribution is -0.136. The van der Waals surface area contributed by atoms with Crippen LogP contribution in [0.4, 0.5) is 0 Å². The molecule has 1 saturated carbocycles. The molecule has 1 atom stereocenters. The Labute approximate surface area is 86.7 Å². The molecule has 1 amide bonds. The molecule has 2 aliphatic rings. The molecule has 80 valence electrons. The largest absolute Gasteiger partial charge is 0.340 e. The van der Waals surface area contributed by atoms with Gasteiger partial charge >= 0.3 is 0 Å². The van der Waals surface area contributed by atoms with Gasteiger partial charge in [0.05, 0.1) is 0 Å². The van der Waals surface area contributed by atoms with Crippen LogP contribution < -0.4 is 0 Å². The molecule has 0 radical (unpaired) electrons. The van der Waals surface area contributed by atoms with Crippen LogP contribution in [-0.4, -0.2) is 23.4 Å². The van der Waals surface area contributed by atoms with Crippen LogP contribution in [0, 0.1) is 5.41 Å². The van der Waals surface area contributed by atoms with E-state index in [1.165, 1.54) is 25.7 Å². The summed E-state index contributed by atoms with van der Waals surface area (Å²) < 4.78 is 0. The SMILES string of the molecule is CCC1(C)CC2(CCCC2)N(C)C1=O. The molecule has 14 heavy (non-hydrogen) atoms. The zero-order chi connectivity index (χ0) is 10.4. The first-order valence-electron chi connectivity index (χ1n) is 5.82. The molecule has 0 aromatic rings. The Balaban J connectivity index is 2.29. The summed E-state index contributed by atoms with van der Waals surface area (Å²) in [7, 11) is 2.01. The van der Waals surface area contributed by atoms with Gasteiger partial charge < -0.3 is 4.90 Å². The van der Waals surface area contributed by atoms with Crippen LogP contribution in [0.15, 0.2) is 0 Å². The molecule has 2 heteroatoms. The highest BCUT2D eigenvalue weighted by molar-refractivity contribution is 5.85. The van der Waals surface area contributed by atoms with Crippen molar-refractivity contribution in [2.24, 2.45) is 5.41 Å². The van der Waals surface area contributed by atoms with Gasteiger partial charge in [-0.1, -0.05) is 26.7 Å². The summed E-state index contributed by atoms with van der Waals surface area (Å²) in [5, 5.41) is 0. The van der Waals surface area contributed by atoms with E-state index in [1.807, 2.05) is 7.05 Å². The molecule has 1 aliphatic heterocycles. The van der Waals surface area contributed by atoms with Gasteiger partial charge in [0.1, 0.15) is 0 Å². The summed E-state index contributed by atoms with van der Waals surface area (Å²) in [6, 6.07) is 0. The van der Waals surface area contributed by atoms with Crippen molar-refractivity contribution in [3.05, 3.63) is 0 Å². The average Bonchev–Trinajstić information content (AvgIpc) is 2.70. The smallest absolute Gasteiger partial charge is 0.228 e. The number of carbonyl (C=O) groups is 1. The minimum atomic E-state index is -0.0703. The lowest BCUT2D eigenvalue weighted by Crippen LogP contribution is -2.40. The second-order valence-electron chi connectivity index (χ2n) is 5.39. The molecule has 2 fully saturated rings. The second kappa shape index (κ2) is 2.98. The van der Waals surface area contributed by atoms with Crippen molar-refractivity contribution in [2.45, 2.75) is 57.9 Å². The quantitative estimate of drug-likeness (QED) is 0.629. The molecule has 1 heterocycles. The van der Waals surface area contributed by atoms with Crippen molar-refractivity contribution in [1.29, 1.82) is 0 Å². The van der Waals surface area contributed by atoms with Crippen LogP contribution in [0.5, 0.6) is 0 Å². The molecule has 2 nitrogen and oxygen atoms in total. The number of nitrogens with zero attached hydrogens (tertiary/aromatic N) is 1. The number of carbonyl (C=O) groups excluding carboxylic acids is 1. The second-order valence-corrected chi connectivity index (χ2v) is 5.39. The van der Waals surface area contributed by atoms with E-state index in [4.69, 9.17) is 0 Å². The van der Waals surface area contributed by atoms with E-state index >= 15 is 0 Å². The van der Waals surface area contributed by atoms with E-state index in [9.17, 15) is 4.79 Å². The van der Waals surface area contributed by atoms with E-state index < -0.39 is 0 Å². The molecule has 0 aromatic heterocycles. The third kappa shape index (κ3) is 1.12. The number of amides is 1. The van der Waals surface area contributed by atoms with Gasteiger partial charge in [0, 0.05) is 18.0 Å². The van der Waals surface area contributed by atoms with Crippen molar-refractivity contribution < 1.29 is 4.79 Å². The van der Waals surface area contributed by atoms with Crippen molar-refractivity contribution in [3.8, 4) is 0 Å². The van der Waals surface area contributed by atoms with E-state index in [0.717, 1.165) is 12.8 Å². The fraction of sp³-hybridized carbons (Fsp3) is 0.917. The molecule has 0 N–H and O–H groups in total. The van der Waals surface area contributed by atoms with Crippen molar-refractivity contribution in [2.75, 3.05) is 7.05 Å². The fourth-order valence-electron chi connectivity index (χ4n) is 3.36. The Morgan fingerprint density at radius 3 is 2.36 bits per heavy atom. The van der Waals surface area contributed by atoms with E-state index in [0.29, 0.717) is 5.91 Å². The van der Waals surface area contributed by atoms with Gasteiger partial charge in [-0.2, -0.15) is 0 Å². The fourth-order valence-corrected chi connectivity index (χ4v) is 3.36. The van der Waals surface area contributed by atoms with Gasteiger partial charge in [0.2, 0.25) is 5.91 Å². The topological polar surface area (TPSA) is 20.3 Å². The van der Waals surface area contributed by atoms with Crippen LogP contribution in [0.2, 0.25) is 0 Å². The molecule has 1 saturated heterocycles. The third-order valence-corrected chi connectivity index (χ3v) is 4.57. The van der Waals surface area contributed by atoms with Crippen LogP contribution >= 0.6 is 0 Å². The molecule has 1 aliphatic carbocycles. The number of likely N-dealkylation sites (tertiary alicyclic amines) is 1. The summed E-state index contributed by atoms with van der Waals surface area (Å²) in [6.45, 7) is 4.28. The van der Waals surface area contributed by atoms with Gasteiger partial charge in [0.25, 0.3) is 0 Å². The van der Waals surface area contributed by atoms with E-state index in [-0.39, 0.29) is 11.0 Å². The van der Waals surface area contributed by atoms with E-state index in [2.05, 4.69) is 18.7 Å². The lowest BCUT2D eigenvalue weighted by Gasteiger charge is -2.31. The van der Waals surface area contributed by atoms with Crippen LogP contribution in [0.3, 0.4) is 0 Å². The van der Waals surface area contributed by atoms with Crippen molar-refractivity contribution in [1.82, 2.24) is 4.90 Å². The Morgan fingerprint density at radius 2 is 1.93 bits per heavy atom. The monoisotopic (exact) mass is 195 g/mol. The number of hydrogen-bond donors (Lipinski definition) is 0. The third-order valence-electron chi connectivity index (χ3n) is 4.57. The lowest BCUT2D eigenvalue weighted by atomic mass is 9.79.